The van der Waals surface area contributed by atoms with Crippen LogP contribution in [-0.2, 0) is 27.4 Å². The zero-order valence-electron chi connectivity index (χ0n) is 17.7. The first-order valence-corrected chi connectivity index (χ1v) is 10.8. The summed E-state index contributed by atoms with van der Waals surface area (Å²) >= 11 is 0. The van der Waals surface area contributed by atoms with Gasteiger partial charge in [-0.1, -0.05) is 60.7 Å². The second-order valence-corrected chi connectivity index (χ2v) is 7.95. The maximum atomic E-state index is 6.42. The number of rotatable bonds is 8. The van der Waals surface area contributed by atoms with Crippen molar-refractivity contribution in [1.82, 2.24) is 14.6 Å². The van der Waals surface area contributed by atoms with E-state index in [1.54, 1.807) is 4.52 Å². The fraction of sp³-hybridized carbons (Fsp3) is 0.280. The molecular weight excluding hydrogens is 404 g/mol. The molecule has 3 atom stereocenters. The minimum Gasteiger partial charge on any atom is -0.382 e. The molecule has 0 aliphatic carbocycles. The lowest BCUT2D eigenvalue weighted by Crippen LogP contribution is -2.19. The Bertz CT molecular complexity index is 1150. The third-order valence-corrected chi connectivity index (χ3v) is 5.70. The van der Waals surface area contributed by atoms with E-state index < -0.39 is 0 Å². The highest BCUT2D eigenvalue weighted by Crippen LogP contribution is 2.37. The number of fused-ring (bicyclic) bond motifs is 1. The number of nitrogens with two attached hydrogens (primary N) is 1. The zero-order valence-corrected chi connectivity index (χ0v) is 17.7. The maximum Gasteiger partial charge on any atom is 0.151 e. The Labute approximate surface area is 186 Å². The molecule has 7 nitrogen and oxygen atoms in total. The van der Waals surface area contributed by atoms with E-state index in [2.05, 4.69) is 34.3 Å². The summed E-state index contributed by atoms with van der Waals surface area (Å²) in [6.07, 6.45) is 1.71. The number of hydrogen-bond acceptors (Lipinski definition) is 6. The summed E-state index contributed by atoms with van der Waals surface area (Å²) in [5, 5.41) is 4.38. The van der Waals surface area contributed by atoms with E-state index in [0.29, 0.717) is 25.6 Å². The first kappa shape index (κ1) is 20.6. The van der Waals surface area contributed by atoms with Gasteiger partial charge in [0.2, 0.25) is 0 Å². The van der Waals surface area contributed by atoms with Crippen LogP contribution in [0.15, 0.2) is 79.1 Å². The van der Waals surface area contributed by atoms with Gasteiger partial charge in [-0.3, -0.25) is 0 Å². The number of ether oxygens (including phenoxy) is 3. The van der Waals surface area contributed by atoms with Crippen LogP contribution < -0.4 is 5.73 Å². The second-order valence-electron chi connectivity index (χ2n) is 7.95. The van der Waals surface area contributed by atoms with Crippen molar-refractivity contribution in [2.24, 2.45) is 0 Å². The molecular formula is C25H26N4O3. The van der Waals surface area contributed by atoms with Crippen molar-refractivity contribution in [3.8, 4) is 0 Å². The van der Waals surface area contributed by atoms with Gasteiger partial charge in [0.05, 0.1) is 37.7 Å². The smallest absolute Gasteiger partial charge is 0.151 e. The quantitative estimate of drug-likeness (QED) is 0.456. The van der Waals surface area contributed by atoms with Gasteiger partial charge >= 0.3 is 0 Å². The lowest BCUT2D eigenvalue weighted by molar-refractivity contribution is -0.0512. The van der Waals surface area contributed by atoms with E-state index in [0.717, 1.165) is 28.8 Å². The van der Waals surface area contributed by atoms with Gasteiger partial charge in [-0.25, -0.2) is 9.50 Å². The van der Waals surface area contributed by atoms with Gasteiger partial charge in [-0.15, -0.1) is 0 Å². The molecule has 0 spiro atoms. The van der Waals surface area contributed by atoms with Gasteiger partial charge in [0.15, 0.2) is 5.82 Å². The van der Waals surface area contributed by atoms with Crippen molar-refractivity contribution in [2.75, 3.05) is 12.3 Å². The molecule has 0 bridgehead atoms. The summed E-state index contributed by atoms with van der Waals surface area (Å²) in [5.74, 6) is 0.439. The standard InChI is InChI=1S/C25H26N4O3/c26-25-22-12-11-21(29(22)28-17-27-25)24-23(31-15-19-9-5-2-6-10-19)13-20(32-24)16-30-14-18-7-3-1-4-8-18/h1-12,17,20,23-24H,13-16H2,(H2,26,27,28). The molecule has 0 saturated carbocycles. The molecule has 4 aromatic rings. The molecule has 164 valence electrons. The summed E-state index contributed by atoms with van der Waals surface area (Å²) in [6.45, 7) is 1.57. The van der Waals surface area contributed by atoms with Crippen LogP contribution in [0.4, 0.5) is 5.82 Å². The lowest BCUT2D eigenvalue weighted by atomic mass is 10.1. The minimum absolute atomic E-state index is 0.0748. The fourth-order valence-electron chi connectivity index (χ4n) is 4.10. The van der Waals surface area contributed by atoms with Crippen LogP contribution in [0.25, 0.3) is 5.52 Å². The first-order chi connectivity index (χ1) is 15.8. The van der Waals surface area contributed by atoms with Crippen LogP contribution in [0.5, 0.6) is 0 Å². The van der Waals surface area contributed by atoms with Crippen molar-refractivity contribution < 1.29 is 14.2 Å². The van der Waals surface area contributed by atoms with Crippen LogP contribution in [0.1, 0.15) is 29.3 Å². The SMILES string of the molecule is Nc1ncnn2c(C3OC(COCc4ccccc4)CC3OCc3ccccc3)ccc12. The van der Waals surface area contributed by atoms with Crippen molar-refractivity contribution in [3.63, 3.8) is 0 Å². The van der Waals surface area contributed by atoms with Gasteiger partial charge in [-0.2, -0.15) is 5.10 Å². The van der Waals surface area contributed by atoms with Gasteiger partial charge < -0.3 is 19.9 Å². The van der Waals surface area contributed by atoms with Gasteiger partial charge in [0.25, 0.3) is 0 Å². The van der Waals surface area contributed by atoms with E-state index in [-0.39, 0.29) is 18.3 Å². The normalized spacial score (nSPS) is 20.7. The lowest BCUT2D eigenvalue weighted by Gasteiger charge is -2.19. The molecule has 1 saturated heterocycles. The molecule has 2 aromatic heterocycles. The highest BCUT2D eigenvalue weighted by atomic mass is 16.6. The number of benzene rings is 2. The summed E-state index contributed by atoms with van der Waals surface area (Å²) in [7, 11) is 0. The van der Waals surface area contributed by atoms with Crippen molar-refractivity contribution in [3.05, 3.63) is 95.9 Å². The molecule has 2 N–H and O–H groups in total. The number of nitrogen functional groups attached to an aromatic ring is 1. The predicted molar refractivity (Wildman–Crippen MR) is 121 cm³/mol. The molecule has 7 heteroatoms. The van der Waals surface area contributed by atoms with Crippen molar-refractivity contribution >= 4 is 11.3 Å². The third-order valence-electron chi connectivity index (χ3n) is 5.70. The Hall–Kier alpha value is -3.26. The molecule has 3 heterocycles. The van der Waals surface area contributed by atoms with Crippen LogP contribution in [0.2, 0.25) is 0 Å². The second kappa shape index (κ2) is 9.48. The van der Waals surface area contributed by atoms with Crippen LogP contribution >= 0.6 is 0 Å². The molecule has 5 rings (SSSR count). The number of hydrogen-bond donors (Lipinski definition) is 1. The molecule has 0 radical (unpaired) electrons. The highest BCUT2D eigenvalue weighted by molar-refractivity contribution is 5.65. The average Bonchev–Trinajstić information content (AvgIpc) is 3.44. The van der Waals surface area contributed by atoms with E-state index in [9.17, 15) is 0 Å². The summed E-state index contributed by atoms with van der Waals surface area (Å²) < 4.78 is 20.5. The summed E-state index contributed by atoms with van der Waals surface area (Å²) in [5.41, 5.74) is 9.95. The monoisotopic (exact) mass is 430 g/mol. The Morgan fingerprint density at radius 3 is 2.41 bits per heavy atom. The molecule has 1 aliphatic rings. The average molecular weight is 431 g/mol. The summed E-state index contributed by atoms with van der Waals surface area (Å²) in [6, 6.07) is 24.2. The Balaban J connectivity index is 1.31. The zero-order chi connectivity index (χ0) is 21.8. The fourth-order valence-corrected chi connectivity index (χ4v) is 4.10. The number of anilines is 1. The number of nitrogens with zero attached hydrogens (tertiary/aromatic N) is 3. The molecule has 2 aromatic carbocycles. The Morgan fingerprint density at radius 1 is 0.938 bits per heavy atom. The topological polar surface area (TPSA) is 83.9 Å². The minimum atomic E-state index is -0.277. The molecule has 32 heavy (non-hydrogen) atoms. The molecule has 0 amide bonds. The van der Waals surface area contributed by atoms with E-state index in [1.807, 2.05) is 48.5 Å². The molecule has 1 fully saturated rings. The molecule has 1 aliphatic heterocycles. The van der Waals surface area contributed by atoms with E-state index in [4.69, 9.17) is 19.9 Å². The maximum absolute atomic E-state index is 6.42. The van der Waals surface area contributed by atoms with Crippen molar-refractivity contribution in [1.29, 1.82) is 0 Å². The van der Waals surface area contributed by atoms with Gasteiger partial charge in [0, 0.05) is 6.42 Å². The van der Waals surface area contributed by atoms with Crippen LogP contribution in [-0.4, -0.2) is 33.4 Å². The predicted octanol–water partition coefficient (Wildman–Crippen LogP) is 3.94. The van der Waals surface area contributed by atoms with Crippen LogP contribution in [0, 0.1) is 0 Å². The van der Waals surface area contributed by atoms with Gasteiger partial charge in [-0.05, 0) is 23.3 Å². The number of aromatic nitrogens is 3. The van der Waals surface area contributed by atoms with E-state index in [1.165, 1.54) is 6.33 Å². The molecule has 3 unspecified atom stereocenters. The van der Waals surface area contributed by atoms with Crippen LogP contribution in [0.3, 0.4) is 0 Å². The first-order valence-electron chi connectivity index (χ1n) is 10.8. The van der Waals surface area contributed by atoms with E-state index >= 15 is 0 Å². The largest absolute Gasteiger partial charge is 0.382 e. The Kier molecular flexibility index (Phi) is 6.11. The Morgan fingerprint density at radius 2 is 1.66 bits per heavy atom. The highest BCUT2D eigenvalue weighted by Gasteiger charge is 2.39. The van der Waals surface area contributed by atoms with Gasteiger partial charge in [0.1, 0.15) is 17.9 Å². The third kappa shape index (κ3) is 4.50. The van der Waals surface area contributed by atoms with Crippen molar-refractivity contribution in [2.45, 2.75) is 37.9 Å². The summed E-state index contributed by atoms with van der Waals surface area (Å²) in [4.78, 5) is 4.08.